The summed E-state index contributed by atoms with van der Waals surface area (Å²) in [5.74, 6) is 0. The van der Waals surface area contributed by atoms with Crippen molar-refractivity contribution >= 4 is 17.4 Å². The minimum Gasteiger partial charge on any atom is -0.228 e. The zero-order chi connectivity index (χ0) is 8.10. The Balaban J connectivity index is 2.79. The van der Waals surface area contributed by atoms with Gasteiger partial charge in [0.25, 0.3) is 0 Å². The number of rotatable bonds is 2. The Labute approximate surface area is 71.8 Å². The van der Waals surface area contributed by atoms with Crippen molar-refractivity contribution in [3.05, 3.63) is 35.4 Å². The van der Waals surface area contributed by atoms with E-state index in [1.54, 1.807) is 0 Å². The summed E-state index contributed by atoms with van der Waals surface area (Å²) in [7, 11) is 0. The first kappa shape index (κ1) is 8.12. The topological polar surface area (TPSA) is 12.4 Å². The van der Waals surface area contributed by atoms with Crippen LogP contribution in [0.2, 0.25) is 0 Å². The van der Waals surface area contributed by atoms with Gasteiger partial charge in [-0.1, -0.05) is 29.8 Å². The Morgan fingerprint density at radius 2 is 2.36 bits per heavy atom. The van der Waals surface area contributed by atoms with Gasteiger partial charge in [-0.15, -0.1) is 0 Å². The van der Waals surface area contributed by atoms with E-state index < -0.39 is 0 Å². The van der Waals surface area contributed by atoms with Gasteiger partial charge in [-0.05, 0) is 24.7 Å². The SMILES string of the molecule is Cc1cccc(CN=C=S)c1. The largest absolute Gasteiger partial charge is 0.228 e. The molecule has 56 valence electrons. The van der Waals surface area contributed by atoms with E-state index in [1.807, 2.05) is 12.1 Å². The second kappa shape index (κ2) is 4.02. The maximum Gasteiger partial charge on any atom is 0.0743 e. The van der Waals surface area contributed by atoms with Crippen LogP contribution in [-0.4, -0.2) is 5.16 Å². The number of aryl methyl sites for hydroxylation is 1. The fourth-order valence-electron chi connectivity index (χ4n) is 0.934. The molecule has 0 spiro atoms. The van der Waals surface area contributed by atoms with Gasteiger partial charge in [0.15, 0.2) is 0 Å². The van der Waals surface area contributed by atoms with E-state index in [0.717, 1.165) is 0 Å². The van der Waals surface area contributed by atoms with Crippen LogP contribution in [0, 0.1) is 6.92 Å². The van der Waals surface area contributed by atoms with Gasteiger partial charge in [0.2, 0.25) is 0 Å². The summed E-state index contributed by atoms with van der Waals surface area (Å²) < 4.78 is 0. The summed E-state index contributed by atoms with van der Waals surface area (Å²) >= 11 is 4.47. The lowest BCUT2D eigenvalue weighted by Gasteiger charge is -1.95. The molecule has 0 saturated carbocycles. The maximum absolute atomic E-state index is 4.47. The predicted molar refractivity (Wildman–Crippen MR) is 49.9 cm³/mol. The first-order chi connectivity index (χ1) is 5.33. The lowest BCUT2D eigenvalue weighted by molar-refractivity contribution is 1.08. The van der Waals surface area contributed by atoms with Gasteiger partial charge in [-0.3, -0.25) is 0 Å². The van der Waals surface area contributed by atoms with Crippen LogP contribution < -0.4 is 0 Å². The number of thiocarbonyl (C=S) groups is 1. The fourth-order valence-corrected chi connectivity index (χ4v) is 0.999. The van der Waals surface area contributed by atoms with Crippen molar-refractivity contribution < 1.29 is 0 Å². The minimum atomic E-state index is 0.644. The smallest absolute Gasteiger partial charge is 0.0743 e. The van der Waals surface area contributed by atoms with Crippen LogP contribution in [0.1, 0.15) is 11.1 Å². The van der Waals surface area contributed by atoms with E-state index >= 15 is 0 Å². The van der Waals surface area contributed by atoms with Crippen molar-refractivity contribution in [2.24, 2.45) is 4.99 Å². The molecule has 0 aliphatic heterocycles. The lowest BCUT2D eigenvalue weighted by atomic mass is 10.1. The molecule has 0 amide bonds. The van der Waals surface area contributed by atoms with Gasteiger partial charge in [0.1, 0.15) is 0 Å². The number of hydrogen-bond donors (Lipinski definition) is 0. The Kier molecular flexibility index (Phi) is 2.96. The number of nitrogens with zero attached hydrogens (tertiary/aromatic N) is 1. The Morgan fingerprint density at radius 3 is 3.00 bits per heavy atom. The molecular formula is C9H9NS. The number of isothiocyanates is 1. The normalized spacial score (nSPS) is 8.82. The first-order valence-corrected chi connectivity index (χ1v) is 3.83. The molecule has 0 aliphatic carbocycles. The molecule has 1 rings (SSSR count). The minimum absolute atomic E-state index is 0.644. The number of hydrogen-bond acceptors (Lipinski definition) is 2. The van der Waals surface area contributed by atoms with Gasteiger partial charge in [-0.2, -0.15) is 0 Å². The molecule has 2 heteroatoms. The van der Waals surface area contributed by atoms with Gasteiger partial charge >= 0.3 is 0 Å². The molecule has 0 atom stereocenters. The van der Waals surface area contributed by atoms with Crippen LogP contribution in [-0.2, 0) is 6.54 Å². The third-order valence-electron chi connectivity index (χ3n) is 1.41. The zero-order valence-corrected chi connectivity index (χ0v) is 7.19. The molecule has 0 aliphatic rings. The standard InChI is InChI=1S/C9H9NS/c1-8-3-2-4-9(5-8)6-10-7-11/h2-5H,6H2,1H3. The molecule has 0 heterocycles. The molecule has 0 fully saturated rings. The van der Waals surface area contributed by atoms with Crippen molar-refractivity contribution in [3.8, 4) is 0 Å². The Bertz CT molecular complexity index is 287. The van der Waals surface area contributed by atoms with Gasteiger partial charge in [-0.25, -0.2) is 4.99 Å². The van der Waals surface area contributed by atoms with E-state index in [4.69, 9.17) is 0 Å². The van der Waals surface area contributed by atoms with E-state index in [2.05, 4.69) is 41.4 Å². The summed E-state index contributed by atoms with van der Waals surface area (Å²) in [6.07, 6.45) is 0. The monoisotopic (exact) mass is 163 g/mol. The molecule has 0 aromatic heterocycles. The molecule has 1 nitrogen and oxygen atoms in total. The van der Waals surface area contributed by atoms with Gasteiger partial charge in [0, 0.05) is 0 Å². The average Bonchev–Trinajstić information content (AvgIpc) is 2.01. The third-order valence-corrected chi connectivity index (χ3v) is 1.54. The van der Waals surface area contributed by atoms with Gasteiger partial charge < -0.3 is 0 Å². The molecule has 0 saturated heterocycles. The second-order valence-corrected chi connectivity index (χ2v) is 2.58. The van der Waals surface area contributed by atoms with Crippen LogP contribution in [0.5, 0.6) is 0 Å². The summed E-state index contributed by atoms with van der Waals surface area (Å²) in [6, 6.07) is 8.20. The van der Waals surface area contributed by atoms with Gasteiger partial charge in [0.05, 0.1) is 11.7 Å². The predicted octanol–water partition coefficient (Wildman–Crippen LogP) is 2.60. The summed E-state index contributed by atoms with van der Waals surface area (Å²) in [6.45, 7) is 2.70. The molecule has 0 N–H and O–H groups in total. The van der Waals surface area contributed by atoms with Crippen LogP contribution in [0.15, 0.2) is 29.3 Å². The third kappa shape index (κ3) is 2.62. The first-order valence-electron chi connectivity index (χ1n) is 3.42. The summed E-state index contributed by atoms with van der Waals surface area (Å²) in [5.41, 5.74) is 2.43. The summed E-state index contributed by atoms with van der Waals surface area (Å²) in [5, 5.41) is 2.34. The Morgan fingerprint density at radius 1 is 1.55 bits per heavy atom. The van der Waals surface area contributed by atoms with E-state index in [1.165, 1.54) is 11.1 Å². The molecule has 1 aromatic carbocycles. The average molecular weight is 163 g/mol. The van der Waals surface area contributed by atoms with Crippen LogP contribution >= 0.6 is 12.2 Å². The van der Waals surface area contributed by atoms with Crippen molar-refractivity contribution in [3.63, 3.8) is 0 Å². The maximum atomic E-state index is 4.47. The molecule has 11 heavy (non-hydrogen) atoms. The zero-order valence-electron chi connectivity index (χ0n) is 6.37. The van der Waals surface area contributed by atoms with E-state index in [9.17, 15) is 0 Å². The highest BCUT2D eigenvalue weighted by molar-refractivity contribution is 7.78. The fraction of sp³-hybridized carbons (Fsp3) is 0.222. The number of aliphatic imine (C=N–C) groups is 1. The molecule has 0 unspecified atom stereocenters. The Hall–Kier alpha value is -0.980. The van der Waals surface area contributed by atoms with Crippen LogP contribution in [0.4, 0.5) is 0 Å². The van der Waals surface area contributed by atoms with Crippen molar-refractivity contribution in [1.29, 1.82) is 0 Å². The molecule has 1 aromatic rings. The molecular weight excluding hydrogens is 154 g/mol. The van der Waals surface area contributed by atoms with Crippen molar-refractivity contribution in [1.82, 2.24) is 0 Å². The summed E-state index contributed by atoms with van der Waals surface area (Å²) in [4.78, 5) is 3.85. The van der Waals surface area contributed by atoms with Crippen molar-refractivity contribution in [2.75, 3.05) is 0 Å². The quantitative estimate of drug-likeness (QED) is 0.482. The number of benzene rings is 1. The van der Waals surface area contributed by atoms with Crippen molar-refractivity contribution in [2.45, 2.75) is 13.5 Å². The lowest BCUT2D eigenvalue weighted by Crippen LogP contribution is -1.80. The second-order valence-electron chi connectivity index (χ2n) is 2.40. The van der Waals surface area contributed by atoms with E-state index in [-0.39, 0.29) is 0 Å². The highest BCUT2D eigenvalue weighted by atomic mass is 32.1. The highest BCUT2D eigenvalue weighted by Crippen LogP contribution is 2.04. The van der Waals surface area contributed by atoms with E-state index in [0.29, 0.717) is 6.54 Å². The van der Waals surface area contributed by atoms with Crippen LogP contribution in [0.25, 0.3) is 0 Å². The highest BCUT2D eigenvalue weighted by Gasteiger charge is 1.88. The molecule has 0 bridgehead atoms. The molecule has 0 radical (unpaired) electrons. The van der Waals surface area contributed by atoms with Crippen LogP contribution in [0.3, 0.4) is 0 Å².